The van der Waals surface area contributed by atoms with Gasteiger partial charge in [0.15, 0.2) is 0 Å². The van der Waals surface area contributed by atoms with Crippen molar-refractivity contribution in [3.63, 3.8) is 0 Å². The number of nitrogens with zero attached hydrogens (tertiary/aromatic N) is 1. The van der Waals surface area contributed by atoms with Crippen LogP contribution in [-0.4, -0.2) is 56.3 Å². The summed E-state index contributed by atoms with van der Waals surface area (Å²) in [6, 6.07) is 7.39. The fourth-order valence-corrected chi connectivity index (χ4v) is 1.81. The van der Waals surface area contributed by atoms with Gasteiger partial charge < -0.3 is 20.1 Å². The number of carboxylic acids is 1. The Morgan fingerprint density at radius 2 is 2.05 bits per heavy atom. The lowest BCUT2D eigenvalue weighted by Gasteiger charge is -2.21. The van der Waals surface area contributed by atoms with E-state index in [-0.39, 0.29) is 0 Å². The molecule has 5 heteroatoms. The van der Waals surface area contributed by atoms with E-state index in [0.29, 0.717) is 6.54 Å². The summed E-state index contributed by atoms with van der Waals surface area (Å²) in [5.74, 6) is 0.0250. The Hall–Kier alpha value is -1.59. The minimum atomic E-state index is -0.821. The number of methoxy groups -OCH3 is 1. The Morgan fingerprint density at radius 1 is 1.42 bits per heavy atom. The average Bonchev–Trinajstić information content (AvgIpc) is 2.42. The van der Waals surface area contributed by atoms with E-state index in [1.807, 2.05) is 36.2 Å². The number of hydrogen-bond acceptors (Lipinski definition) is 4. The lowest BCUT2D eigenvalue weighted by atomic mass is 10.1. The first-order valence-electron chi connectivity index (χ1n) is 6.28. The highest BCUT2D eigenvalue weighted by Gasteiger charge is 2.16. The van der Waals surface area contributed by atoms with Crippen LogP contribution in [0.25, 0.3) is 0 Å². The van der Waals surface area contributed by atoms with Gasteiger partial charge in [0, 0.05) is 13.1 Å². The molecule has 1 aromatic rings. The molecule has 1 unspecified atom stereocenters. The maximum atomic E-state index is 10.9. The summed E-state index contributed by atoms with van der Waals surface area (Å²) in [6.07, 6.45) is 0.885. The summed E-state index contributed by atoms with van der Waals surface area (Å²) < 4.78 is 5.10. The second-order valence-corrected chi connectivity index (χ2v) is 4.54. The third-order valence-corrected chi connectivity index (χ3v) is 3.08. The van der Waals surface area contributed by atoms with Crippen LogP contribution in [0.1, 0.15) is 5.56 Å². The molecule has 0 aromatic heterocycles. The number of carbonyl (C=O) groups is 1. The van der Waals surface area contributed by atoms with Gasteiger partial charge in [-0.05, 0) is 38.2 Å². The highest BCUT2D eigenvalue weighted by atomic mass is 16.5. The molecule has 0 bridgehead atoms. The van der Waals surface area contributed by atoms with Crippen molar-refractivity contribution < 1.29 is 14.6 Å². The first kappa shape index (κ1) is 15.5. The van der Waals surface area contributed by atoms with Crippen molar-refractivity contribution in [2.24, 2.45) is 0 Å². The van der Waals surface area contributed by atoms with Gasteiger partial charge in [-0.3, -0.25) is 4.79 Å². The van der Waals surface area contributed by atoms with Crippen LogP contribution < -0.4 is 10.1 Å². The monoisotopic (exact) mass is 266 g/mol. The molecule has 1 atom stereocenters. The Bertz CT molecular complexity index is 392. The number of ether oxygens (including phenoxy) is 1. The van der Waals surface area contributed by atoms with Crippen LogP contribution in [0.4, 0.5) is 0 Å². The van der Waals surface area contributed by atoms with Crippen LogP contribution >= 0.6 is 0 Å². The number of likely N-dealkylation sites (N-methyl/N-ethyl adjacent to an activating group) is 2. The van der Waals surface area contributed by atoms with E-state index in [1.165, 1.54) is 5.56 Å². The van der Waals surface area contributed by atoms with E-state index in [4.69, 9.17) is 9.84 Å². The molecule has 0 heterocycles. The topological polar surface area (TPSA) is 61.8 Å². The molecule has 0 amide bonds. The van der Waals surface area contributed by atoms with Crippen LogP contribution in [-0.2, 0) is 11.2 Å². The number of benzene rings is 1. The van der Waals surface area contributed by atoms with Gasteiger partial charge in [0.2, 0.25) is 0 Å². The Kier molecular flexibility index (Phi) is 6.32. The highest BCUT2D eigenvalue weighted by Crippen LogP contribution is 2.11. The van der Waals surface area contributed by atoms with Crippen LogP contribution in [0.3, 0.4) is 0 Å². The molecule has 5 nitrogen and oxygen atoms in total. The van der Waals surface area contributed by atoms with E-state index in [0.717, 1.165) is 18.7 Å². The molecule has 0 fully saturated rings. The average molecular weight is 266 g/mol. The number of carboxylic acid groups (broad SMARTS) is 1. The zero-order chi connectivity index (χ0) is 14.3. The molecule has 0 aliphatic carbocycles. The van der Waals surface area contributed by atoms with E-state index in [2.05, 4.69) is 5.32 Å². The summed E-state index contributed by atoms with van der Waals surface area (Å²) in [5, 5.41) is 11.7. The normalized spacial score (nSPS) is 12.4. The molecule has 0 aliphatic heterocycles. The largest absolute Gasteiger partial charge is 0.497 e. The summed E-state index contributed by atoms with van der Waals surface area (Å²) in [5.41, 5.74) is 1.21. The lowest BCUT2D eigenvalue weighted by Crippen LogP contribution is -2.43. The van der Waals surface area contributed by atoms with Crippen molar-refractivity contribution >= 4 is 5.97 Å². The molecular weight excluding hydrogens is 244 g/mol. The SMILES string of the molecule is CNC(CN(C)CCc1ccc(OC)cc1)C(=O)O. The van der Waals surface area contributed by atoms with Crippen LogP contribution in [0.5, 0.6) is 5.75 Å². The van der Waals surface area contributed by atoms with Crippen molar-refractivity contribution in [2.45, 2.75) is 12.5 Å². The summed E-state index contributed by atoms with van der Waals surface area (Å²) >= 11 is 0. The van der Waals surface area contributed by atoms with Gasteiger partial charge in [-0.2, -0.15) is 0 Å². The summed E-state index contributed by atoms with van der Waals surface area (Å²) in [6.45, 7) is 1.31. The molecule has 19 heavy (non-hydrogen) atoms. The van der Waals surface area contributed by atoms with Crippen molar-refractivity contribution in [3.8, 4) is 5.75 Å². The predicted octanol–water partition coefficient (Wildman–Crippen LogP) is 0.842. The van der Waals surface area contributed by atoms with Crippen molar-refractivity contribution in [1.29, 1.82) is 0 Å². The standard InChI is InChI=1S/C14H22N2O3/c1-15-13(14(17)18)10-16(2)9-8-11-4-6-12(19-3)7-5-11/h4-7,13,15H,8-10H2,1-3H3,(H,17,18). The molecule has 1 rings (SSSR count). The second-order valence-electron chi connectivity index (χ2n) is 4.54. The van der Waals surface area contributed by atoms with Gasteiger partial charge in [-0.15, -0.1) is 0 Å². The molecule has 0 spiro atoms. The van der Waals surface area contributed by atoms with Crippen LogP contribution in [0.15, 0.2) is 24.3 Å². The van der Waals surface area contributed by atoms with Gasteiger partial charge >= 0.3 is 5.97 Å². The number of rotatable bonds is 8. The zero-order valence-electron chi connectivity index (χ0n) is 11.7. The predicted molar refractivity (Wildman–Crippen MR) is 74.7 cm³/mol. The summed E-state index contributed by atoms with van der Waals surface area (Å²) in [7, 11) is 5.24. The first-order valence-corrected chi connectivity index (χ1v) is 6.28. The fourth-order valence-electron chi connectivity index (χ4n) is 1.81. The van der Waals surface area contributed by atoms with Crippen molar-refractivity contribution in [2.75, 3.05) is 34.3 Å². The number of aliphatic carboxylic acids is 1. The second kappa shape index (κ2) is 7.76. The Balaban J connectivity index is 2.40. The smallest absolute Gasteiger partial charge is 0.322 e. The quantitative estimate of drug-likeness (QED) is 0.730. The minimum absolute atomic E-state index is 0.488. The third-order valence-electron chi connectivity index (χ3n) is 3.08. The van der Waals surface area contributed by atoms with Crippen LogP contribution in [0.2, 0.25) is 0 Å². The van der Waals surface area contributed by atoms with Gasteiger partial charge in [-0.1, -0.05) is 12.1 Å². The summed E-state index contributed by atoms with van der Waals surface area (Å²) in [4.78, 5) is 12.9. The number of nitrogens with one attached hydrogen (secondary N) is 1. The Morgan fingerprint density at radius 3 is 2.53 bits per heavy atom. The third kappa shape index (κ3) is 5.28. The molecule has 0 radical (unpaired) electrons. The molecule has 0 saturated heterocycles. The van der Waals surface area contributed by atoms with E-state index in [1.54, 1.807) is 14.2 Å². The van der Waals surface area contributed by atoms with Crippen LogP contribution in [0, 0.1) is 0 Å². The number of hydrogen-bond donors (Lipinski definition) is 2. The molecule has 0 aliphatic rings. The molecule has 2 N–H and O–H groups in total. The molecule has 0 saturated carbocycles. The van der Waals surface area contributed by atoms with Gasteiger partial charge in [0.05, 0.1) is 7.11 Å². The van der Waals surface area contributed by atoms with E-state index < -0.39 is 12.0 Å². The van der Waals surface area contributed by atoms with Gasteiger partial charge in [0.25, 0.3) is 0 Å². The minimum Gasteiger partial charge on any atom is -0.497 e. The maximum absolute atomic E-state index is 10.9. The molecule has 106 valence electrons. The fraction of sp³-hybridized carbons (Fsp3) is 0.500. The Labute approximate surface area is 114 Å². The lowest BCUT2D eigenvalue weighted by molar-refractivity contribution is -0.139. The van der Waals surface area contributed by atoms with Gasteiger partial charge in [0.1, 0.15) is 11.8 Å². The molecule has 1 aromatic carbocycles. The zero-order valence-corrected chi connectivity index (χ0v) is 11.7. The van der Waals surface area contributed by atoms with E-state index >= 15 is 0 Å². The highest BCUT2D eigenvalue weighted by molar-refractivity contribution is 5.73. The van der Waals surface area contributed by atoms with Crippen molar-refractivity contribution in [1.82, 2.24) is 10.2 Å². The molecular formula is C14H22N2O3. The maximum Gasteiger partial charge on any atom is 0.322 e. The van der Waals surface area contributed by atoms with Gasteiger partial charge in [-0.25, -0.2) is 0 Å². The van der Waals surface area contributed by atoms with E-state index in [9.17, 15) is 4.79 Å². The van der Waals surface area contributed by atoms with Crippen molar-refractivity contribution in [3.05, 3.63) is 29.8 Å². The first-order chi connectivity index (χ1) is 9.06.